The van der Waals surface area contributed by atoms with E-state index in [1.54, 1.807) is 19.1 Å². The zero-order chi connectivity index (χ0) is 18.4. The van der Waals surface area contributed by atoms with E-state index in [4.69, 9.17) is 21.6 Å². The number of carbonyl (C=O) groups excluding carboxylic acids is 1. The molecule has 2 rings (SSSR count). The number of allylic oxidation sites excluding steroid dienone is 1. The third kappa shape index (κ3) is 5.05. The van der Waals surface area contributed by atoms with Gasteiger partial charge in [-0.3, -0.25) is 4.79 Å². The molecule has 0 saturated heterocycles. The zero-order valence-electron chi connectivity index (χ0n) is 13.1. The average Bonchev–Trinajstić information content (AvgIpc) is 2.58. The zero-order valence-corrected chi connectivity index (χ0v) is 15.5. The Bertz CT molecular complexity index is 878. The highest BCUT2D eigenvalue weighted by atomic mass is 79.9. The number of rotatable bonds is 5. The number of amides is 1. The molecular weight excluding hydrogens is 411 g/mol. The second kappa shape index (κ2) is 8.65. The molecule has 0 aliphatic carbocycles. The van der Waals surface area contributed by atoms with Crippen molar-refractivity contribution >= 4 is 33.4 Å². The number of benzene rings is 2. The molecule has 0 spiro atoms. The second-order valence-corrected chi connectivity index (χ2v) is 6.27. The molecule has 2 aromatic rings. The fraction of sp³-hybridized carbons (Fsp3) is 0.111. The molecule has 0 atom stereocenters. The van der Waals surface area contributed by atoms with E-state index in [0.29, 0.717) is 15.1 Å². The summed E-state index contributed by atoms with van der Waals surface area (Å²) in [6.45, 7) is 1.76. The first kappa shape index (κ1) is 19.0. The van der Waals surface area contributed by atoms with Crippen LogP contribution in [-0.2, 0) is 11.2 Å². The first-order chi connectivity index (χ1) is 11.9. The van der Waals surface area contributed by atoms with E-state index in [1.807, 2.05) is 6.07 Å². The standard InChI is InChI=1S/C18H13BrClFN2O2/c1-2-5-23-16(24)8-12-3-4-15(19)18(17(12)21)25-14-7-11(10-22)6-13(20)9-14/h2-7,9H,8H2,1H3,(H,23,24)/b5-2+. The summed E-state index contributed by atoms with van der Waals surface area (Å²) in [5.74, 6) is -0.870. The molecule has 4 nitrogen and oxygen atoms in total. The van der Waals surface area contributed by atoms with Gasteiger partial charge in [0.1, 0.15) is 5.75 Å². The Balaban J connectivity index is 2.32. The number of carbonyl (C=O) groups is 1. The van der Waals surface area contributed by atoms with E-state index < -0.39 is 5.82 Å². The molecule has 2 aromatic carbocycles. The number of nitrogens with one attached hydrogen (secondary N) is 1. The molecule has 0 fully saturated rings. The number of hydrogen-bond donors (Lipinski definition) is 1. The Morgan fingerprint density at radius 2 is 2.20 bits per heavy atom. The Morgan fingerprint density at radius 1 is 1.44 bits per heavy atom. The first-order valence-corrected chi connectivity index (χ1v) is 8.37. The van der Waals surface area contributed by atoms with Gasteiger partial charge in [0.2, 0.25) is 5.91 Å². The predicted molar refractivity (Wildman–Crippen MR) is 97.0 cm³/mol. The van der Waals surface area contributed by atoms with E-state index in [1.165, 1.54) is 30.5 Å². The van der Waals surface area contributed by atoms with Crippen LogP contribution in [0.2, 0.25) is 5.02 Å². The minimum absolute atomic E-state index is 0.0810. The monoisotopic (exact) mass is 422 g/mol. The lowest BCUT2D eigenvalue weighted by Gasteiger charge is -2.12. The van der Waals surface area contributed by atoms with Crippen molar-refractivity contribution in [3.8, 4) is 17.6 Å². The Labute approximate surface area is 158 Å². The minimum atomic E-state index is -0.663. The van der Waals surface area contributed by atoms with Gasteiger partial charge in [-0.2, -0.15) is 5.26 Å². The van der Waals surface area contributed by atoms with Gasteiger partial charge in [-0.15, -0.1) is 0 Å². The Morgan fingerprint density at radius 3 is 2.88 bits per heavy atom. The first-order valence-electron chi connectivity index (χ1n) is 7.20. The molecule has 1 N–H and O–H groups in total. The van der Waals surface area contributed by atoms with Crippen molar-refractivity contribution in [3.63, 3.8) is 0 Å². The van der Waals surface area contributed by atoms with E-state index in [9.17, 15) is 9.18 Å². The smallest absolute Gasteiger partial charge is 0.228 e. The fourth-order valence-electron chi connectivity index (χ4n) is 2.01. The van der Waals surface area contributed by atoms with Crippen molar-refractivity contribution in [2.75, 3.05) is 0 Å². The summed E-state index contributed by atoms with van der Waals surface area (Å²) in [5, 5.41) is 11.8. The lowest BCUT2D eigenvalue weighted by atomic mass is 10.1. The average molecular weight is 424 g/mol. The summed E-state index contributed by atoms with van der Waals surface area (Å²) in [7, 11) is 0. The number of nitrogens with zero attached hydrogens (tertiary/aromatic N) is 1. The molecule has 128 valence electrons. The Kier molecular flexibility index (Phi) is 6.57. The van der Waals surface area contributed by atoms with Crippen molar-refractivity contribution in [2.45, 2.75) is 13.3 Å². The van der Waals surface area contributed by atoms with Crippen LogP contribution in [0.1, 0.15) is 18.1 Å². The highest BCUT2D eigenvalue weighted by molar-refractivity contribution is 9.10. The van der Waals surface area contributed by atoms with Crippen LogP contribution in [0.4, 0.5) is 4.39 Å². The number of ether oxygens (including phenoxy) is 1. The van der Waals surface area contributed by atoms with Crippen molar-refractivity contribution in [1.82, 2.24) is 5.32 Å². The van der Waals surface area contributed by atoms with Crippen LogP contribution < -0.4 is 10.1 Å². The summed E-state index contributed by atoms with van der Waals surface area (Å²) < 4.78 is 20.7. The van der Waals surface area contributed by atoms with Gasteiger partial charge in [-0.1, -0.05) is 23.7 Å². The molecule has 0 bridgehead atoms. The Hall–Kier alpha value is -2.36. The highest BCUT2D eigenvalue weighted by Crippen LogP contribution is 2.35. The number of nitriles is 1. The molecule has 0 aliphatic heterocycles. The molecule has 0 saturated carbocycles. The predicted octanol–water partition coefficient (Wildman–Crippen LogP) is 5.10. The summed E-state index contributed by atoms with van der Waals surface area (Å²) in [6, 6.07) is 9.43. The molecule has 25 heavy (non-hydrogen) atoms. The second-order valence-electron chi connectivity index (χ2n) is 4.98. The summed E-state index contributed by atoms with van der Waals surface area (Å²) in [4.78, 5) is 11.8. The molecule has 0 aliphatic rings. The molecule has 0 radical (unpaired) electrons. The van der Waals surface area contributed by atoms with Gasteiger partial charge in [-0.25, -0.2) is 4.39 Å². The maximum absolute atomic E-state index is 14.7. The van der Waals surface area contributed by atoms with E-state index in [0.717, 1.165) is 0 Å². The molecule has 0 unspecified atom stereocenters. The third-order valence-electron chi connectivity index (χ3n) is 3.11. The van der Waals surface area contributed by atoms with Crippen LogP contribution in [0, 0.1) is 17.1 Å². The van der Waals surface area contributed by atoms with Crippen LogP contribution in [0.5, 0.6) is 11.5 Å². The molecular formula is C18H13BrClFN2O2. The maximum Gasteiger partial charge on any atom is 0.228 e. The summed E-state index contributed by atoms with van der Waals surface area (Å²) in [5.41, 5.74) is 0.476. The topological polar surface area (TPSA) is 62.1 Å². The largest absolute Gasteiger partial charge is 0.453 e. The van der Waals surface area contributed by atoms with Crippen LogP contribution in [-0.4, -0.2) is 5.91 Å². The van der Waals surface area contributed by atoms with Gasteiger partial charge in [0, 0.05) is 10.6 Å². The van der Waals surface area contributed by atoms with Gasteiger partial charge >= 0.3 is 0 Å². The van der Waals surface area contributed by atoms with Crippen molar-refractivity contribution < 1.29 is 13.9 Å². The SMILES string of the molecule is C/C=C/NC(=O)Cc1ccc(Br)c(Oc2cc(Cl)cc(C#N)c2)c1F. The summed E-state index contributed by atoms with van der Waals surface area (Å²) in [6.07, 6.45) is 3.00. The fourth-order valence-corrected chi connectivity index (χ4v) is 2.62. The lowest BCUT2D eigenvalue weighted by Crippen LogP contribution is -2.19. The molecule has 0 heterocycles. The third-order valence-corrected chi connectivity index (χ3v) is 3.95. The van der Waals surface area contributed by atoms with Crippen molar-refractivity contribution in [2.24, 2.45) is 0 Å². The normalized spacial score (nSPS) is 10.5. The van der Waals surface area contributed by atoms with E-state index in [2.05, 4.69) is 21.2 Å². The van der Waals surface area contributed by atoms with E-state index >= 15 is 0 Å². The van der Waals surface area contributed by atoms with Gasteiger partial charge in [0.25, 0.3) is 0 Å². The van der Waals surface area contributed by atoms with Crippen LogP contribution in [0.3, 0.4) is 0 Å². The van der Waals surface area contributed by atoms with Crippen LogP contribution in [0.25, 0.3) is 0 Å². The summed E-state index contributed by atoms with van der Waals surface area (Å²) >= 11 is 9.15. The molecule has 7 heteroatoms. The number of hydrogen-bond acceptors (Lipinski definition) is 3. The van der Waals surface area contributed by atoms with Gasteiger partial charge in [0.05, 0.1) is 22.5 Å². The van der Waals surface area contributed by atoms with Crippen LogP contribution in [0.15, 0.2) is 47.1 Å². The molecule has 0 aromatic heterocycles. The van der Waals surface area contributed by atoms with Crippen molar-refractivity contribution in [3.05, 3.63) is 69.0 Å². The van der Waals surface area contributed by atoms with Gasteiger partial charge in [-0.05, 0) is 53.3 Å². The van der Waals surface area contributed by atoms with Gasteiger partial charge in [0.15, 0.2) is 11.6 Å². The van der Waals surface area contributed by atoms with Crippen molar-refractivity contribution in [1.29, 1.82) is 5.26 Å². The lowest BCUT2D eigenvalue weighted by molar-refractivity contribution is -0.119. The van der Waals surface area contributed by atoms with E-state index in [-0.39, 0.29) is 29.4 Å². The van der Waals surface area contributed by atoms with Crippen LogP contribution >= 0.6 is 27.5 Å². The quantitative estimate of drug-likeness (QED) is 0.728. The maximum atomic E-state index is 14.7. The number of halogens is 3. The minimum Gasteiger partial charge on any atom is -0.453 e. The highest BCUT2D eigenvalue weighted by Gasteiger charge is 2.17. The molecule has 1 amide bonds. The van der Waals surface area contributed by atoms with Gasteiger partial charge < -0.3 is 10.1 Å².